The number of hydrogen-bond donors (Lipinski definition) is 1. The van der Waals surface area contributed by atoms with E-state index in [1.807, 2.05) is 0 Å². The number of aryl methyl sites for hydroxylation is 1. The predicted octanol–water partition coefficient (Wildman–Crippen LogP) is 1.89. The molecule has 4 rings (SSSR count). The number of fused-ring (bicyclic) bond motifs is 2. The Kier molecular flexibility index (Phi) is 3.62. The number of carbonyl (C=O) groups is 1. The van der Waals surface area contributed by atoms with E-state index in [1.165, 1.54) is 18.2 Å². The average molecular weight is 380 g/mol. The van der Waals surface area contributed by atoms with E-state index in [0.717, 1.165) is 17.0 Å². The summed E-state index contributed by atoms with van der Waals surface area (Å²) in [4.78, 5) is 16.8. The number of amides is 1. The minimum absolute atomic E-state index is 0.0595. The summed E-state index contributed by atoms with van der Waals surface area (Å²) in [6, 6.07) is 4.18. The van der Waals surface area contributed by atoms with Gasteiger partial charge in [0.2, 0.25) is 0 Å². The minimum atomic E-state index is -3.22. The normalized spacial score (nSPS) is 15.9. The standard InChI is InChI=1S/C15H13FN4O3S2/c1-20-11-4-5-25(22,23)7-9(11)13(19-20)14(21)18-15-17-10-3-2-8(16)6-12(10)24-15/h2-3,6H,4-5,7H2,1H3,(H,17,18,21). The molecular weight excluding hydrogens is 367 g/mol. The van der Waals surface area contributed by atoms with Crippen LogP contribution in [0.1, 0.15) is 21.7 Å². The summed E-state index contributed by atoms with van der Waals surface area (Å²) in [5, 5.41) is 7.12. The van der Waals surface area contributed by atoms with E-state index in [2.05, 4.69) is 15.4 Å². The fourth-order valence-electron chi connectivity index (χ4n) is 2.90. The summed E-state index contributed by atoms with van der Waals surface area (Å²) in [5.41, 5.74) is 1.86. The molecule has 0 atom stereocenters. The first-order valence-electron chi connectivity index (χ1n) is 7.45. The molecule has 130 valence electrons. The van der Waals surface area contributed by atoms with Crippen LogP contribution in [0.5, 0.6) is 0 Å². The van der Waals surface area contributed by atoms with Gasteiger partial charge in [0.25, 0.3) is 5.91 Å². The van der Waals surface area contributed by atoms with Crippen molar-refractivity contribution >= 4 is 42.4 Å². The third-order valence-electron chi connectivity index (χ3n) is 4.07. The van der Waals surface area contributed by atoms with Crippen LogP contribution < -0.4 is 5.32 Å². The van der Waals surface area contributed by atoms with Crippen molar-refractivity contribution < 1.29 is 17.6 Å². The monoisotopic (exact) mass is 380 g/mol. The van der Waals surface area contributed by atoms with Gasteiger partial charge in [-0.3, -0.25) is 14.8 Å². The maximum Gasteiger partial charge on any atom is 0.278 e. The molecule has 0 fully saturated rings. The van der Waals surface area contributed by atoms with Gasteiger partial charge in [0.05, 0.1) is 21.7 Å². The van der Waals surface area contributed by atoms with Crippen molar-refractivity contribution in [3.05, 3.63) is 41.0 Å². The number of anilines is 1. The summed E-state index contributed by atoms with van der Waals surface area (Å²) in [7, 11) is -1.54. The first kappa shape index (κ1) is 16.2. The van der Waals surface area contributed by atoms with E-state index in [9.17, 15) is 17.6 Å². The number of sulfone groups is 1. The molecule has 1 N–H and O–H groups in total. The molecule has 0 unspecified atom stereocenters. The topological polar surface area (TPSA) is 93.9 Å². The molecule has 0 saturated carbocycles. The molecule has 1 aromatic carbocycles. The quantitative estimate of drug-likeness (QED) is 0.733. The number of aromatic nitrogens is 3. The van der Waals surface area contributed by atoms with Crippen molar-refractivity contribution in [3.8, 4) is 0 Å². The predicted molar refractivity (Wildman–Crippen MR) is 91.9 cm³/mol. The number of nitrogens with one attached hydrogen (secondary N) is 1. The van der Waals surface area contributed by atoms with Crippen molar-refractivity contribution in [3.63, 3.8) is 0 Å². The van der Waals surface area contributed by atoms with E-state index in [-0.39, 0.29) is 23.0 Å². The third kappa shape index (κ3) is 2.91. The van der Waals surface area contributed by atoms with Crippen LogP contribution in [0, 0.1) is 5.82 Å². The number of nitrogens with zero attached hydrogens (tertiary/aromatic N) is 3. The Morgan fingerprint density at radius 2 is 2.20 bits per heavy atom. The molecule has 25 heavy (non-hydrogen) atoms. The largest absolute Gasteiger partial charge is 0.296 e. The second-order valence-electron chi connectivity index (χ2n) is 5.82. The van der Waals surface area contributed by atoms with Crippen LogP contribution in [0.2, 0.25) is 0 Å². The van der Waals surface area contributed by atoms with Crippen LogP contribution in [0.25, 0.3) is 10.2 Å². The molecule has 1 aliphatic rings. The Morgan fingerprint density at radius 1 is 1.40 bits per heavy atom. The maximum atomic E-state index is 13.3. The SMILES string of the molecule is Cn1nc(C(=O)Nc2nc3ccc(F)cc3s2)c2c1CCS(=O)(=O)C2. The van der Waals surface area contributed by atoms with Gasteiger partial charge in [-0.15, -0.1) is 0 Å². The summed E-state index contributed by atoms with van der Waals surface area (Å²) in [6.07, 6.45) is 0.342. The Balaban J connectivity index is 1.67. The lowest BCUT2D eigenvalue weighted by atomic mass is 10.1. The van der Waals surface area contributed by atoms with Crippen LogP contribution in [0.4, 0.5) is 9.52 Å². The molecular formula is C15H13FN4O3S2. The van der Waals surface area contributed by atoms with Crippen molar-refractivity contribution in [2.45, 2.75) is 12.2 Å². The van der Waals surface area contributed by atoms with E-state index in [1.54, 1.807) is 11.7 Å². The fraction of sp³-hybridized carbons (Fsp3) is 0.267. The van der Waals surface area contributed by atoms with Gasteiger partial charge in [0.15, 0.2) is 20.7 Å². The smallest absolute Gasteiger partial charge is 0.278 e. The van der Waals surface area contributed by atoms with Crippen molar-refractivity contribution in [1.29, 1.82) is 0 Å². The highest BCUT2D eigenvalue weighted by atomic mass is 32.2. The number of thiazole rings is 1. The highest BCUT2D eigenvalue weighted by Gasteiger charge is 2.30. The van der Waals surface area contributed by atoms with E-state index >= 15 is 0 Å². The number of carbonyl (C=O) groups excluding carboxylic acids is 1. The fourth-order valence-corrected chi connectivity index (χ4v) is 5.18. The van der Waals surface area contributed by atoms with E-state index < -0.39 is 15.7 Å². The second-order valence-corrected chi connectivity index (χ2v) is 9.04. The first-order chi connectivity index (χ1) is 11.8. The first-order valence-corrected chi connectivity index (χ1v) is 10.1. The Morgan fingerprint density at radius 3 is 3.00 bits per heavy atom. The van der Waals surface area contributed by atoms with Gasteiger partial charge in [-0.1, -0.05) is 11.3 Å². The molecule has 1 aliphatic heterocycles. The molecule has 0 saturated heterocycles. The van der Waals surface area contributed by atoms with Crippen molar-refractivity contribution in [1.82, 2.24) is 14.8 Å². The molecule has 2 aromatic heterocycles. The molecule has 0 aliphatic carbocycles. The van der Waals surface area contributed by atoms with Crippen LogP contribution in [-0.4, -0.2) is 34.8 Å². The number of halogens is 1. The summed E-state index contributed by atoms with van der Waals surface area (Å²) < 4.78 is 39.2. The molecule has 3 heterocycles. The van der Waals surface area contributed by atoms with Crippen molar-refractivity contribution in [2.24, 2.45) is 7.05 Å². The van der Waals surface area contributed by atoms with Gasteiger partial charge in [-0.25, -0.2) is 17.8 Å². The van der Waals surface area contributed by atoms with E-state index in [4.69, 9.17) is 0 Å². The molecule has 7 nitrogen and oxygen atoms in total. The highest BCUT2D eigenvalue weighted by molar-refractivity contribution is 7.90. The van der Waals surface area contributed by atoms with Gasteiger partial charge >= 0.3 is 0 Å². The van der Waals surface area contributed by atoms with Gasteiger partial charge in [0, 0.05) is 24.7 Å². The minimum Gasteiger partial charge on any atom is -0.296 e. The molecule has 0 radical (unpaired) electrons. The Labute approximate surface area is 146 Å². The van der Waals surface area contributed by atoms with Crippen molar-refractivity contribution in [2.75, 3.05) is 11.1 Å². The zero-order valence-corrected chi connectivity index (χ0v) is 14.7. The van der Waals surface area contributed by atoms with Gasteiger partial charge in [0.1, 0.15) is 5.82 Å². The molecule has 1 amide bonds. The van der Waals surface area contributed by atoms with Gasteiger partial charge in [-0.05, 0) is 18.2 Å². The summed E-state index contributed by atoms with van der Waals surface area (Å²) >= 11 is 1.14. The number of hydrogen-bond acceptors (Lipinski definition) is 6. The second kappa shape index (κ2) is 5.60. The Hall–Kier alpha value is -2.33. The van der Waals surface area contributed by atoms with Gasteiger partial charge in [-0.2, -0.15) is 5.10 Å². The van der Waals surface area contributed by atoms with Crippen LogP contribution in [0.3, 0.4) is 0 Å². The lowest BCUT2D eigenvalue weighted by Crippen LogP contribution is -2.22. The average Bonchev–Trinajstić information content (AvgIpc) is 3.06. The van der Waals surface area contributed by atoms with Crippen LogP contribution >= 0.6 is 11.3 Å². The summed E-state index contributed by atoms with van der Waals surface area (Å²) in [6.45, 7) is 0. The highest BCUT2D eigenvalue weighted by Crippen LogP contribution is 2.28. The zero-order chi connectivity index (χ0) is 17.8. The van der Waals surface area contributed by atoms with Crippen LogP contribution in [-0.2, 0) is 29.1 Å². The number of benzene rings is 1. The Bertz CT molecular complexity index is 1120. The maximum absolute atomic E-state index is 13.3. The molecule has 10 heteroatoms. The lowest BCUT2D eigenvalue weighted by molar-refractivity contribution is 0.102. The molecule has 3 aromatic rings. The lowest BCUT2D eigenvalue weighted by Gasteiger charge is -2.13. The third-order valence-corrected chi connectivity index (χ3v) is 6.56. The van der Waals surface area contributed by atoms with E-state index in [0.29, 0.717) is 27.3 Å². The number of rotatable bonds is 2. The molecule has 0 bridgehead atoms. The zero-order valence-electron chi connectivity index (χ0n) is 13.1. The summed E-state index contributed by atoms with van der Waals surface area (Å²) in [5.74, 6) is -1.03. The molecule has 0 spiro atoms. The van der Waals surface area contributed by atoms with Gasteiger partial charge < -0.3 is 0 Å². The van der Waals surface area contributed by atoms with Crippen LogP contribution in [0.15, 0.2) is 18.2 Å².